The number of nitrogens with two attached hydrogens (primary N) is 1. The summed E-state index contributed by atoms with van der Waals surface area (Å²) in [4.78, 5) is 9.95. The smallest absolute Gasteiger partial charge is 0.330 e. The summed E-state index contributed by atoms with van der Waals surface area (Å²) < 4.78 is 1.46. The van der Waals surface area contributed by atoms with E-state index < -0.39 is 4.92 Å². The summed E-state index contributed by atoms with van der Waals surface area (Å²) >= 11 is 0. The second-order valence-electron chi connectivity index (χ2n) is 4.39. The first-order valence-corrected chi connectivity index (χ1v) is 4.27. The van der Waals surface area contributed by atoms with Gasteiger partial charge in [-0.05, 0) is 5.41 Å². The number of hydrogen-bond donors (Lipinski definition) is 1. The van der Waals surface area contributed by atoms with Gasteiger partial charge in [0, 0.05) is 6.54 Å². The lowest BCUT2D eigenvalue weighted by atomic mass is 9.97. The van der Waals surface area contributed by atoms with Crippen LogP contribution in [-0.2, 0) is 6.54 Å². The molecule has 0 saturated heterocycles. The van der Waals surface area contributed by atoms with Gasteiger partial charge in [-0.1, -0.05) is 20.8 Å². The average molecular weight is 198 g/mol. The molecule has 0 saturated carbocycles. The molecule has 1 aromatic heterocycles. The van der Waals surface area contributed by atoms with Crippen LogP contribution in [-0.4, -0.2) is 14.7 Å². The van der Waals surface area contributed by atoms with Gasteiger partial charge in [-0.15, -0.1) is 0 Å². The minimum Gasteiger partial charge on any atom is -0.378 e. The van der Waals surface area contributed by atoms with Crippen LogP contribution in [0.15, 0.2) is 6.20 Å². The van der Waals surface area contributed by atoms with Crippen molar-refractivity contribution < 1.29 is 4.92 Å². The highest BCUT2D eigenvalue weighted by Gasteiger charge is 2.20. The molecule has 2 N–H and O–H groups in total. The molecule has 14 heavy (non-hydrogen) atoms. The zero-order valence-electron chi connectivity index (χ0n) is 8.52. The molecule has 1 rings (SSSR count). The van der Waals surface area contributed by atoms with Gasteiger partial charge in [-0.25, -0.2) is 4.68 Å². The van der Waals surface area contributed by atoms with Gasteiger partial charge in [0.2, 0.25) is 5.82 Å². The number of aromatic nitrogens is 2. The second kappa shape index (κ2) is 3.28. The normalized spacial score (nSPS) is 11.6. The molecule has 1 heterocycles. The topological polar surface area (TPSA) is 87.0 Å². The van der Waals surface area contributed by atoms with Crippen LogP contribution in [0.2, 0.25) is 0 Å². The zero-order valence-corrected chi connectivity index (χ0v) is 8.52. The molecule has 0 aliphatic heterocycles. The van der Waals surface area contributed by atoms with E-state index in [1.165, 1.54) is 10.9 Å². The maximum atomic E-state index is 10.5. The first-order valence-electron chi connectivity index (χ1n) is 4.27. The molecule has 1 aromatic rings. The monoisotopic (exact) mass is 198 g/mol. The van der Waals surface area contributed by atoms with E-state index in [0.717, 1.165) is 0 Å². The van der Waals surface area contributed by atoms with E-state index in [9.17, 15) is 10.1 Å². The fourth-order valence-electron chi connectivity index (χ4n) is 1.10. The molecule has 0 radical (unpaired) electrons. The van der Waals surface area contributed by atoms with E-state index in [2.05, 4.69) is 5.10 Å². The van der Waals surface area contributed by atoms with Crippen molar-refractivity contribution in [2.24, 2.45) is 5.41 Å². The van der Waals surface area contributed by atoms with E-state index in [1.807, 2.05) is 20.8 Å². The Balaban J connectivity index is 2.96. The van der Waals surface area contributed by atoms with Crippen molar-refractivity contribution in [2.75, 3.05) is 5.73 Å². The van der Waals surface area contributed by atoms with E-state index in [0.29, 0.717) is 6.54 Å². The van der Waals surface area contributed by atoms with E-state index in [-0.39, 0.29) is 16.9 Å². The fraction of sp³-hybridized carbons (Fsp3) is 0.625. The predicted molar refractivity (Wildman–Crippen MR) is 52.7 cm³/mol. The number of rotatable bonds is 2. The van der Waals surface area contributed by atoms with Gasteiger partial charge < -0.3 is 5.73 Å². The number of hydrogen-bond acceptors (Lipinski definition) is 4. The molecule has 6 heteroatoms. The van der Waals surface area contributed by atoms with Gasteiger partial charge in [-0.2, -0.15) is 5.10 Å². The molecule has 0 aliphatic rings. The van der Waals surface area contributed by atoms with Crippen molar-refractivity contribution in [3.8, 4) is 0 Å². The Morgan fingerprint density at radius 1 is 1.64 bits per heavy atom. The molecular weight excluding hydrogens is 184 g/mol. The third-order valence-electron chi connectivity index (χ3n) is 1.68. The highest BCUT2D eigenvalue weighted by molar-refractivity contribution is 5.51. The molecule has 78 valence electrons. The maximum absolute atomic E-state index is 10.5. The molecule has 0 spiro atoms. The minimum atomic E-state index is -0.526. The average Bonchev–Trinajstić information content (AvgIpc) is 2.29. The Morgan fingerprint density at radius 2 is 2.21 bits per heavy atom. The molecule has 0 bridgehead atoms. The molecule has 0 amide bonds. The van der Waals surface area contributed by atoms with Gasteiger partial charge in [0.15, 0.2) is 0 Å². The summed E-state index contributed by atoms with van der Waals surface area (Å²) in [5, 5.41) is 14.3. The van der Waals surface area contributed by atoms with Crippen molar-refractivity contribution in [2.45, 2.75) is 27.3 Å². The Hall–Kier alpha value is -1.59. The van der Waals surface area contributed by atoms with Crippen molar-refractivity contribution in [1.82, 2.24) is 9.78 Å². The van der Waals surface area contributed by atoms with E-state index in [1.54, 1.807) is 0 Å². The summed E-state index contributed by atoms with van der Waals surface area (Å²) in [6.45, 7) is 6.60. The number of nitrogen functional groups attached to an aromatic ring is 1. The summed E-state index contributed by atoms with van der Waals surface area (Å²) in [6, 6.07) is 0. The van der Waals surface area contributed by atoms with Crippen LogP contribution in [0.3, 0.4) is 0 Å². The molecular formula is C8H14N4O2. The summed E-state index contributed by atoms with van der Waals surface area (Å²) in [7, 11) is 0. The van der Waals surface area contributed by atoms with Crippen LogP contribution < -0.4 is 5.73 Å². The van der Waals surface area contributed by atoms with Crippen LogP contribution in [0, 0.1) is 15.5 Å². The highest BCUT2D eigenvalue weighted by atomic mass is 16.6. The van der Waals surface area contributed by atoms with Crippen LogP contribution >= 0.6 is 0 Å². The largest absolute Gasteiger partial charge is 0.378 e. The lowest BCUT2D eigenvalue weighted by Crippen LogP contribution is -2.18. The SMILES string of the molecule is CC(C)(C)Cn1ncc([N+](=O)[O-])c1N. The third kappa shape index (κ3) is 2.21. The first kappa shape index (κ1) is 10.5. The Bertz CT molecular complexity index is 351. The second-order valence-corrected chi connectivity index (χ2v) is 4.39. The van der Waals surface area contributed by atoms with Gasteiger partial charge >= 0.3 is 5.69 Å². The first-order chi connectivity index (χ1) is 6.31. The van der Waals surface area contributed by atoms with Crippen molar-refractivity contribution in [3.63, 3.8) is 0 Å². The van der Waals surface area contributed by atoms with E-state index >= 15 is 0 Å². The quantitative estimate of drug-likeness (QED) is 0.575. The lowest BCUT2D eigenvalue weighted by Gasteiger charge is -2.18. The van der Waals surface area contributed by atoms with Crippen molar-refractivity contribution in [1.29, 1.82) is 0 Å². The van der Waals surface area contributed by atoms with E-state index in [4.69, 9.17) is 5.73 Å². The van der Waals surface area contributed by atoms with Crippen molar-refractivity contribution >= 4 is 11.5 Å². The van der Waals surface area contributed by atoms with Crippen LogP contribution in [0.4, 0.5) is 11.5 Å². The van der Waals surface area contributed by atoms with Gasteiger partial charge in [0.05, 0.1) is 4.92 Å². The Kier molecular flexibility index (Phi) is 2.46. The van der Waals surface area contributed by atoms with Gasteiger partial charge in [-0.3, -0.25) is 10.1 Å². The molecule has 0 atom stereocenters. The zero-order chi connectivity index (χ0) is 10.9. The van der Waals surface area contributed by atoms with Crippen molar-refractivity contribution in [3.05, 3.63) is 16.3 Å². The summed E-state index contributed by atoms with van der Waals surface area (Å²) in [5.41, 5.74) is 5.43. The third-order valence-corrected chi connectivity index (χ3v) is 1.68. The standard InChI is InChI=1S/C8H14N4O2/c1-8(2,3)5-11-7(9)6(4-10-11)12(13)14/h4H,5,9H2,1-3H3. The lowest BCUT2D eigenvalue weighted by molar-refractivity contribution is -0.384. The fourth-order valence-corrected chi connectivity index (χ4v) is 1.10. The Morgan fingerprint density at radius 3 is 2.57 bits per heavy atom. The number of nitro groups is 1. The highest BCUT2D eigenvalue weighted by Crippen LogP contribution is 2.24. The van der Waals surface area contributed by atoms with Crippen LogP contribution in [0.1, 0.15) is 20.8 Å². The summed E-state index contributed by atoms with van der Waals surface area (Å²) in [5.74, 6) is 0.116. The maximum Gasteiger partial charge on any atom is 0.330 e. The number of anilines is 1. The Labute approximate surface area is 81.9 Å². The van der Waals surface area contributed by atoms with Crippen LogP contribution in [0.25, 0.3) is 0 Å². The van der Waals surface area contributed by atoms with Crippen LogP contribution in [0.5, 0.6) is 0 Å². The summed E-state index contributed by atoms with van der Waals surface area (Å²) in [6.07, 6.45) is 1.18. The van der Waals surface area contributed by atoms with Gasteiger partial charge in [0.1, 0.15) is 6.20 Å². The molecule has 0 fully saturated rings. The van der Waals surface area contributed by atoms with Gasteiger partial charge in [0.25, 0.3) is 0 Å². The molecule has 0 unspecified atom stereocenters. The predicted octanol–water partition coefficient (Wildman–Crippen LogP) is 1.42. The molecule has 0 aromatic carbocycles. The minimum absolute atomic E-state index is 0.00594. The number of nitrogens with zero attached hydrogens (tertiary/aromatic N) is 3. The molecule has 0 aliphatic carbocycles. The molecule has 6 nitrogen and oxygen atoms in total.